The number of esters is 1. The molecule has 0 aromatic rings. The first-order chi connectivity index (χ1) is 12.3. The van der Waals surface area contributed by atoms with Crippen LogP contribution in [-0.2, 0) is 19.0 Å². The van der Waals surface area contributed by atoms with Crippen LogP contribution in [0, 0.1) is 0 Å². The maximum Gasteiger partial charge on any atom is 0.303 e. The number of hydrogen-bond donors (Lipinski definition) is 4. The Labute approximate surface area is 153 Å². The summed E-state index contributed by atoms with van der Waals surface area (Å²) in [6, 6.07) is 0. The van der Waals surface area contributed by atoms with Crippen molar-refractivity contribution in [2.24, 2.45) is 0 Å². The van der Waals surface area contributed by atoms with E-state index < -0.39 is 43.3 Å². The standard InChI is InChI=1S/C18H30O8/c1-11(5-4-6-12(2)9-19)7-8-24-18-17(25-13(3)21)16(23)15(22)14(10-20)26-18/h6,14-20,22-23H,1,4-5,7-10H2,2-3H3/b12-6+/t14-,15-,16+,17-,18-/m1/s1. The summed E-state index contributed by atoms with van der Waals surface area (Å²) in [6.45, 7) is 6.72. The van der Waals surface area contributed by atoms with Crippen LogP contribution in [0.2, 0.25) is 0 Å². The fraction of sp³-hybridized carbons (Fsp3) is 0.722. The van der Waals surface area contributed by atoms with Crippen molar-refractivity contribution < 1.29 is 39.4 Å². The highest BCUT2D eigenvalue weighted by atomic mass is 16.7. The van der Waals surface area contributed by atoms with E-state index in [-0.39, 0.29) is 13.2 Å². The normalized spacial score (nSPS) is 29.5. The van der Waals surface area contributed by atoms with Crippen LogP contribution in [0.15, 0.2) is 23.8 Å². The van der Waals surface area contributed by atoms with Gasteiger partial charge in [0.1, 0.15) is 18.3 Å². The minimum atomic E-state index is -1.43. The van der Waals surface area contributed by atoms with Gasteiger partial charge in [-0.25, -0.2) is 0 Å². The number of carbonyl (C=O) groups excluding carboxylic acids is 1. The third kappa shape index (κ3) is 7.14. The Bertz CT molecular complexity index is 490. The number of carbonyl (C=O) groups is 1. The fourth-order valence-electron chi connectivity index (χ4n) is 2.54. The predicted octanol–water partition coefficient (Wildman–Crippen LogP) is 0.0388. The zero-order valence-corrected chi connectivity index (χ0v) is 15.3. The van der Waals surface area contributed by atoms with Gasteiger partial charge in [0.25, 0.3) is 0 Å². The Morgan fingerprint density at radius 1 is 1.19 bits per heavy atom. The Kier molecular flexibility index (Phi) is 10.0. The van der Waals surface area contributed by atoms with E-state index in [4.69, 9.17) is 19.3 Å². The molecule has 0 aromatic heterocycles. The van der Waals surface area contributed by atoms with Crippen molar-refractivity contribution in [3.63, 3.8) is 0 Å². The van der Waals surface area contributed by atoms with Crippen LogP contribution in [-0.4, -0.2) is 76.9 Å². The van der Waals surface area contributed by atoms with Crippen molar-refractivity contribution in [1.82, 2.24) is 0 Å². The number of ether oxygens (including phenoxy) is 3. The Morgan fingerprint density at radius 2 is 1.88 bits per heavy atom. The van der Waals surface area contributed by atoms with Crippen LogP contribution >= 0.6 is 0 Å². The lowest BCUT2D eigenvalue weighted by Gasteiger charge is -2.41. The van der Waals surface area contributed by atoms with Gasteiger partial charge in [-0.05, 0) is 26.2 Å². The zero-order chi connectivity index (χ0) is 19.7. The molecular weight excluding hydrogens is 344 g/mol. The number of aliphatic hydroxyl groups excluding tert-OH is 4. The van der Waals surface area contributed by atoms with Crippen molar-refractivity contribution >= 4 is 5.97 Å². The highest BCUT2D eigenvalue weighted by Crippen LogP contribution is 2.25. The lowest BCUT2D eigenvalue weighted by Crippen LogP contribution is -2.60. The lowest BCUT2D eigenvalue weighted by atomic mass is 9.99. The molecule has 150 valence electrons. The van der Waals surface area contributed by atoms with Crippen LogP contribution in [0.4, 0.5) is 0 Å². The molecule has 0 bridgehead atoms. The Morgan fingerprint density at radius 3 is 2.46 bits per heavy atom. The molecule has 1 saturated heterocycles. The van der Waals surface area contributed by atoms with Gasteiger partial charge >= 0.3 is 5.97 Å². The molecule has 1 aliphatic rings. The van der Waals surface area contributed by atoms with Gasteiger partial charge in [0.2, 0.25) is 0 Å². The zero-order valence-electron chi connectivity index (χ0n) is 15.3. The molecule has 0 radical (unpaired) electrons. The second-order valence-electron chi connectivity index (χ2n) is 6.40. The fourth-order valence-corrected chi connectivity index (χ4v) is 2.54. The smallest absolute Gasteiger partial charge is 0.303 e. The maximum atomic E-state index is 11.2. The molecule has 0 aromatic carbocycles. The van der Waals surface area contributed by atoms with Crippen molar-refractivity contribution in [3.05, 3.63) is 23.8 Å². The molecule has 0 aliphatic carbocycles. The molecule has 0 unspecified atom stereocenters. The van der Waals surface area contributed by atoms with Crippen LogP contribution in [0.25, 0.3) is 0 Å². The molecule has 1 fully saturated rings. The summed E-state index contributed by atoms with van der Waals surface area (Å²) in [5.41, 5.74) is 1.84. The molecule has 5 atom stereocenters. The van der Waals surface area contributed by atoms with Crippen molar-refractivity contribution in [1.29, 1.82) is 0 Å². The van der Waals surface area contributed by atoms with Crippen LogP contribution < -0.4 is 0 Å². The van der Waals surface area contributed by atoms with E-state index in [1.54, 1.807) is 0 Å². The van der Waals surface area contributed by atoms with E-state index in [1.807, 2.05) is 13.0 Å². The predicted molar refractivity (Wildman–Crippen MR) is 93.1 cm³/mol. The molecule has 0 spiro atoms. The second-order valence-corrected chi connectivity index (χ2v) is 6.40. The van der Waals surface area contributed by atoms with E-state index >= 15 is 0 Å². The van der Waals surface area contributed by atoms with Crippen LogP contribution in [0.1, 0.15) is 33.1 Å². The average molecular weight is 374 g/mol. The van der Waals surface area contributed by atoms with Gasteiger partial charge in [0.05, 0.1) is 19.8 Å². The van der Waals surface area contributed by atoms with Gasteiger partial charge in [0.15, 0.2) is 12.4 Å². The summed E-state index contributed by atoms with van der Waals surface area (Å²) in [4.78, 5) is 11.2. The number of rotatable bonds is 10. The van der Waals surface area contributed by atoms with E-state index in [1.165, 1.54) is 6.92 Å². The summed E-state index contributed by atoms with van der Waals surface area (Å²) >= 11 is 0. The number of allylic oxidation sites excluding steroid dienone is 1. The summed E-state index contributed by atoms with van der Waals surface area (Å²) in [5, 5.41) is 38.2. The van der Waals surface area contributed by atoms with Crippen molar-refractivity contribution in [2.45, 2.75) is 63.8 Å². The van der Waals surface area contributed by atoms with Gasteiger partial charge in [-0.15, -0.1) is 0 Å². The molecule has 1 aliphatic heterocycles. The Balaban J connectivity index is 2.53. The minimum absolute atomic E-state index is 0.0341. The molecule has 1 heterocycles. The molecule has 0 saturated carbocycles. The summed E-state index contributed by atoms with van der Waals surface area (Å²) in [5.74, 6) is -0.642. The highest BCUT2D eigenvalue weighted by Gasteiger charge is 2.46. The topological polar surface area (TPSA) is 126 Å². The van der Waals surface area contributed by atoms with Gasteiger partial charge in [-0.2, -0.15) is 0 Å². The van der Waals surface area contributed by atoms with Gasteiger partial charge in [-0.1, -0.05) is 23.8 Å². The molecule has 8 heteroatoms. The van der Waals surface area contributed by atoms with E-state index in [2.05, 4.69) is 6.58 Å². The third-order valence-corrected chi connectivity index (χ3v) is 4.10. The van der Waals surface area contributed by atoms with Gasteiger partial charge in [0, 0.05) is 6.92 Å². The largest absolute Gasteiger partial charge is 0.454 e. The number of aliphatic hydroxyl groups is 4. The third-order valence-electron chi connectivity index (χ3n) is 4.10. The SMILES string of the molecule is C=C(CC/C=C(\C)CO)CCO[C@@H]1O[C@H](CO)[C@@H](O)[C@H](O)[C@H]1OC(C)=O. The van der Waals surface area contributed by atoms with Gasteiger partial charge < -0.3 is 34.6 Å². The van der Waals surface area contributed by atoms with Gasteiger partial charge in [-0.3, -0.25) is 4.79 Å². The van der Waals surface area contributed by atoms with Crippen LogP contribution in [0.5, 0.6) is 0 Å². The molecular formula is C18H30O8. The van der Waals surface area contributed by atoms with E-state index in [0.717, 1.165) is 24.0 Å². The molecule has 4 N–H and O–H groups in total. The minimum Gasteiger partial charge on any atom is -0.454 e. The first-order valence-corrected chi connectivity index (χ1v) is 8.64. The average Bonchev–Trinajstić information content (AvgIpc) is 2.60. The van der Waals surface area contributed by atoms with Crippen molar-refractivity contribution in [2.75, 3.05) is 19.8 Å². The Hall–Kier alpha value is -1.29. The van der Waals surface area contributed by atoms with Crippen LogP contribution in [0.3, 0.4) is 0 Å². The number of hydrogen-bond acceptors (Lipinski definition) is 8. The molecule has 8 nitrogen and oxygen atoms in total. The van der Waals surface area contributed by atoms with Crippen molar-refractivity contribution in [3.8, 4) is 0 Å². The summed E-state index contributed by atoms with van der Waals surface area (Å²) in [7, 11) is 0. The summed E-state index contributed by atoms with van der Waals surface area (Å²) in [6.07, 6.45) is -2.16. The molecule has 1 rings (SSSR count). The van der Waals surface area contributed by atoms with E-state index in [9.17, 15) is 20.1 Å². The first-order valence-electron chi connectivity index (χ1n) is 8.64. The molecule has 26 heavy (non-hydrogen) atoms. The quantitative estimate of drug-likeness (QED) is 0.312. The maximum absolute atomic E-state index is 11.2. The second kappa shape index (κ2) is 11.4. The monoisotopic (exact) mass is 374 g/mol. The summed E-state index contributed by atoms with van der Waals surface area (Å²) < 4.78 is 16.0. The first kappa shape index (κ1) is 22.8. The molecule has 0 amide bonds. The van der Waals surface area contributed by atoms with E-state index in [0.29, 0.717) is 6.42 Å². The lowest BCUT2D eigenvalue weighted by molar-refractivity contribution is -0.303. The highest BCUT2D eigenvalue weighted by molar-refractivity contribution is 5.66.